The number of benzene rings is 2. The molecule has 0 saturated carbocycles. The molecule has 12 nitrogen and oxygen atoms in total. The summed E-state index contributed by atoms with van der Waals surface area (Å²) >= 11 is 0. The lowest BCUT2D eigenvalue weighted by Crippen LogP contribution is -2.30. The number of nitro groups is 1. The molecule has 0 fully saturated rings. The van der Waals surface area contributed by atoms with Crippen molar-refractivity contribution in [1.29, 1.82) is 0 Å². The van der Waals surface area contributed by atoms with Gasteiger partial charge in [-0.05, 0) is 17.7 Å². The molecule has 1 amide bonds. The van der Waals surface area contributed by atoms with Crippen molar-refractivity contribution < 1.29 is 9.72 Å². The highest BCUT2D eigenvalue weighted by molar-refractivity contribution is 5.80. The lowest BCUT2D eigenvalue weighted by Gasteiger charge is -2.08. The van der Waals surface area contributed by atoms with Gasteiger partial charge in [-0.3, -0.25) is 24.3 Å². The minimum atomic E-state index is -0.478. The molecule has 0 saturated heterocycles. The van der Waals surface area contributed by atoms with Gasteiger partial charge in [-0.2, -0.15) is 5.10 Å². The number of carbonyl (C=O) groups excluding carboxylic acids is 1. The predicted molar refractivity (Wildman–Crippen MR) is 127 cm³/mol. The van der Waals surface area contributed by atoms with E-state index >= 15 is 0 Å². The number of nitro benzene ring substituents is 1. The fraction of sp³-hybridized carbons (Fsp3) is 0.174. The Morgan fingerprint density at radius 3 is 2.74 bits per heavy atom. The van der Waals surface area contributed by atoms with Crippen molar-refractivity contribution >= 4 is 33.7 Å². The fourth-order valence-electron chi connectivity index (χ4n) is 3.89. The van der Waals surface area contributed by atoms with Crippen molar-refractivity contribution in [2.75, 3.05) is 6.54 Å². The van der Waals surface area contributed by atoms with E-state index in [4.69, 9.17) is 0 Å². The van der Waals surface area contributed by atoms with Crippen LogP contribution in [0.2, 0.25) is 0 Å². The fourth-order valence-corrected chi connectivity index (χ4v) is 3.89. The summed E-state index contributed by atoms with van der Waals surface area (Å²) in [5.41, 5.74) is 2.38. The van der Waals surface area contributed by atoms with Gasteiger partial charge in [0.05, 0.1) is 41.6 Å². The van der Waals surface area contributed by atoms with E-state index in [1.807, 2.05) is 24.3 Å². The Bertz CT molecular complexity index is 1620. The van der Waals surface area contributed by atoms with Gasteiger partial charge in [-0.1, -0.05) is 24.3 Å². The van der Waals surface area contributed by atoms with E-state index < -0.39 is 4.92 Å². The number of nitrogens with zero attached hydrogens (tertiary/aromatic N) is 7. The van der Waals surface area contributed by atoms with Crippen molar-refractivity contribution in [3.63, 3.8) is 0 Å². The average molecular weight is 472 g/mol. The van der Waals surface area contributed by atoms with E-state index in [2.05, 4.69) is 20.4 Å². The summed E-state index contributed by atoms with van der Waals surface area (Å²) in [6, 6.07) is 13.7. The van der Waals surface area contributed by atoms with Crippen LogP contribution in [0.4, 0.5) is 5.69 Å². The molecule has 3 heterocycles. The molecule has 0 aliphatic heterocycles. The molecule has 176 valence electrons. The Hall–Kier alpha value is -4.87. The number of non-ortho nitro benzene ring substituents is 1. The van der Waals surface area contributed by atoms with Gasteiger partial charge < -0.3 is 9.88 Å². The number of nitrogens with one attached hydrogen (secondary N) is 1. The van der Waals surface area contributed by atoms with E-state index in [-0.39, 0.29) is 30.2 Å². The number of imidazole rings is 1. The van der Waals surface area contributed by atoms with E-state index in [1.165, 1.54) is 29.2 Å². The maximum atomic E-state index is 12.9. The zero-order chi connectivity index (χ0) is 24.4. The third-order valence-electron chi connectivity index (χ3n) is 5.58. The molecule has 0 bridgehead atoms. The molecule has 35 heavy (non-hydrogen) atoms. The van der Waals surface area contributed by atoms with Gasteiger partial charge in [0.1, 0.15) is 18.3 Å². The number of hydrogen-bond acceptors (Lipinski definition) is 7. The van der Waals surface area contributed by atoms with Crippen LogP contribution in [0, 0.1) is 10.1 Å². The van der Waals surface area contributed by atoms with Crippen LogP contribution in [0.5, 0.6) is 0 Å². The number of rotatable bonds is 8. The second-order valence-corrected chi connectivity index (χ2v) is 7.92. The summed E-state index contributed by atoms with van der Waals surface area (Å²) in [7, 11) is 0. The maximum Gasteiger partial charge on any atom is 0.269 e. The molecule has 0 aliphatic carbocycles. The summed E-state index contributed by atoms with van der Waals surface area (Å²) in [4.78, 5) is 44.4. The van der Waals surface area contributed by atoms with Crippen LogP contribution in [0.25, 0.3) is 22.1 Å². The molecule has 0 radical (unpaired) electrons. The molecule has 0 atom stereocenters. The van der Waals surface area contributed by atoms with Gasteiger partial charge >= 0.3 is 0 Å². The zero-order valence-electron chi connectivity index (χ0n) is 18.4. The third kappa shape index (κ3) is 4.49. The van der Waals surface area contributed by atoms with Crippen molar-refractivity contribution in [1.82, 2.24) is 34.2 Å². The lowest BCUT2D eigenvalue weighted by atomic mass is 10.2. The monoisotopic (exact) mass is 472 g/mol. The second kappa shape index (κ2) is 9.17. The van der Waals surface area contributed by atoms with Gasteiger partial charge in [0.15, 0.2) is 5.65 Å². The maximum absolute atomic E-state index is 12.9. The first-order valence-electron chi connectivity index (χ1n) is 10.8. The van der Waals surface area contributed by atoms with Crippen LogP contribution in [-0.4, -0.2) is 46.3 Å². The van der Waals surface area contributed by atoms with Crippen molar-refractivity contribution in [2.24, 2.45) is 0 Å². The van der Waals surface area contributed by atoms with E-state index in [1.54, 1.807) is 27.7 Å². The van der Waals surface area contributed by atoms with E-state index in [0.29, 0.717) is 29.7 Å². The van der Waals surface area contributed by atoms with Gasteiger partial charge in [0.25, 0.3) is 11.2 Å². The van der Waals surface area contributed by atoms with Gasteiger partial charge in [0, 0.05) is 18.7 Å². The Balaban J connectivity index is 1.24. The van der Waals surface area contributed by atoms with Crippen LogP contribution < -0.4 is 10.9 Å². The topological polar surface area (TPSA) is 143 Å². The molecule has 3 aromatic heterocycles. The molecule has 5 aromatic rings. The molecular formula is C23H20N8O4. The normalized spacial score (nSPS) is 11.2. The Labute approximate surface area is 197 Å². The third-order valence-corrected chi connectivity index (χ3v) is 5.58. The summed E-state index contributed by atoms with van der Waals surface area (Å²) < 4.78 is 4.71. The SMILES string of the molecule is O=C(Cn1cnc2ccccc21)NCCn1ncc2c(=O)n(Cc3cccc([N+](=O)[O-])c3)cnc21. The van der Waals surface area contributed by atoms with Crippen LogP contribution in [0.3, 0.4) is 0 Å². The van der Waals surface area contributed by atoms with Gasteiger partial charge in [0.2, 0.25) is 5.91 Å². The number of fused-ring (bicyclic) bond motifs is 2. The van der Waals surface area contributed by atoms with E-state index in [0.717, 1.165) is 11.0 Å². The number of para-hydroxylation sites is 2. The molecule has 0 spiro atoms. The van der Waals surface area contributed by atoms with Crippen LogP contribution in [-0.2, 0) is 24.4 Å². The van der Waals surface area contributed by atoms with Crippen LogP contribution in [0.1, 0.15) is 5.56 Å². The highest BCUT2D eigenvalue weighted by atomic mass is 16.6. The zero-order valence-corrected chi connectivity index (χ0v) is 18.4. The minimum Gasteiger partial charge on any atom is -0.353 e. The predicted octanol–water partition coefficient (Wildman–Crippen LogP) is 1.72. The Kier molecular flexibility index (Phi) is 5.75. The van der Waals surface area contributed by atoms with Crippen molar-refractivity contribution in [3.8, 4) is 0 Å². The highest BCUT2D eigenvalue weighted by Crippen LogP contribution is 2.14. The first-order chi connectivity index (χ1) is 17.0. The van der Waals surface area contributed by atoms with Crippen molar-refractivity contribution in [3.05, 3.63) is 93.4 Å². The molecular weight excluding hydrogens is 452 g/mol. The average Bonchev–Trinajstić information content (AvgIpc) is 3.46. The summed E-state index contributed by atoms with van der Waals surface area (Å²) in [5, 5.41) is 18.4. The summed E-state index contributed by atoms with van der Waals surface area (Å²) in [6.45, 7) is 0.927. The second-order valence-electron chi connectivity index (χ2n) is 7.92. The quantitative estimate of drug-likeness (QED) is 0.267. The molecule has 2 aromatic carbocycles. The number of aromatic nitrogens is 6. The van der Waals surface area contributed by atoms with E-state index in [9.17, 15) is 19.7 Å². The van der Waals surface area contributed by atoms with Crippen LogP contribution in [0.15, 0.2) is 72.2 Å². The summed E-state index contributed by atoms with van der Waals surface area (Å²) in [6.07, 6.45) is 4.46. The Morgan fingerprint density at radius 2 is 1.89 bits per heavy atom. The number of amides is 1. The standard InChI is InChI=1S/C23H20N8O4/c32-21(13-28-14-25-19-6-1-2-7-20(19)28)24-8-9-30-22-18(11-27-30)23(33)29(15-26-22)12-16-4-3-5-17(10-16)31(34)35/h1-7,10-11,14-15H,8-9,12-13H2,(H,24,32). The van der Waals surface area contributed by atoms with Crippen molar-refractivity contribution in [2.45, 2.75) is 19.6 Å². The summed E-state index contributed by atoms with van der Waals surface area (Å²) in [5.74, 6) is -0.170. The first-order valence-corrected chi connectivity index (χ1v) is 10.8. The molecule has 1 N–H and O–H groups in total. The van der Waals surface area contributed by atoms with Gasteiger partial charge in [-0.15, -0.1) is 0 Å². The first kappa shape index (κ1) is 21.9. The molecule has 0 aliphatic rings. The largest absolute Gasteiger partial charge is 0.353 e. The number of hydrogen-bond donors (Lipinski definition) is 1. The molecule has 0 unspecified atom stereocenters. The highest BCUT2D eigenvalue weighted by Gasteiger charge is 2.13. The lowest BCUT2D eigenvalue weighted by molar-refractivity contribution is -0.384. The molecule has 12 heteroatoms. The smallest absolute Gasteiger partial charge is 0.269 e. The van der Waals surface area contributed by atoms with Crippen LogP contribution >= 0.6 is 0 Å². The molecule has 5 rings (SSSR count). The minimum absolute atomic E-state index is 0.0410. The Morgan fingerprint density at radius 1 is 1.06 bits per heavy atom. The van der Waals surface area contributed by atoms with Gasteiger partial charge in [-0.25, -0.2) is 14.6 Å². The number of carbonyl (C=O) groups is 1.